The smallest absolute Gasteiger partial charge is 0.406 e. The highest BCUT2D eigenvalue weighted by Crippen LogP contribution is 2.27. The fourth-order valence-corrected chi connectivity index (χ4v) is 3.52. The standard InChI is InChI=1S/C18H28N4O3/c19-9-5-10-20-13-16-8-4-11-22(16)18(14-23,21-17(24)25)12-15-6-2-1-3-7-15/h1-3,6-7,14,16,20-21H,4-5,8-13,19H2,(H,24,25). The van der Waals surface area contributed by atoms with Crippen LogP contribution in [0.5, 0.6) is 0 Å². The van der Waals surface area contributed by atoms with Gasteiger partial charge in [-0.2, -0.15) is 0 Å². The molecule has 1 heterocycles. The minimum Gasteiger partial charge on any atom is -0.465 e. The summed E-state index contributed by atoms with van der Waals surface area (Å²) in [6.45, 7) is 2.86. The molecule has 1 aromatic carbocycles. The van der Waals surface area contributed by atoms with Crippen LogP contribution in [0.2, 0.25) is 0 Å². The van der Waals surface area contributed by atoms with Crippen molar-refractivity contribution in [3.8, 4) is 0 Å². The van der Waals surface area contributed by atoms with Crippen molar-refractivity contribution in [2.24, 2.45) is 5.73 Å². The first kappa shape index (κ1) is 19.4. The maximum absolute atomic E-state index is 12.1. The van der Waals surface area contributed by atoms with Gasteiger partial charge in [0.25, 0.3) is 0 Å². The molecule has 1 aliphatic heterocycles. The van der Waals surface area contributed by atoms with Crippen LogP contribution in [0.15, 0.2) is 30.3 Å². The van der Waals surface area contributed by atoms with Crippen molar-refractivity contribution in [3.05, 3.63) is 35.9 Å². The van der Waals surface area contributed by atoms with Crippen LogP contribution in [0.25, 0.3) is 0 Å². The second-order valence-corrected chi connectivity index (χ2v) is 6.47. The second-order valence-electron chi connectivity index (χ2n) is 6.47. The highest BCUT2D eigenvalue weighted by atomic mass is 16.4. The Morgan fingerprint density at radius 3 is 2.80 bits per heavy atom. The summed E-state index contributed by atoms with van der Waals surface area (Å²) in [6.07, 6.45) is 2.62. The Morgan fingerprint density at radius 1 is 1.40 bits per heavy atom. The third-order valence-corrected chi connectivity index (χ3v) is 4.66. The van der Waals surface area contributed by atoms with Crippen molar-refractivity contribution in [2.45, 2.75) is 37.4 Å². The predicted molar refractivity (Wildman–Crippen MR) is 96.4 cm³/mol. The summed E-state index contributed by atoms with van der Waals surface area (Å²) in [7, 11) is 0. The zero-order valence-corrected chi connectivity index (χ0v) is 14.5. The third kappa shape index (κ3) is 5.26. The Balaban J connectivity index is 2.17. The lowest BCUT2D eigenvalue weighted by Crippen LogP contribution is -2.65. The predicted octanol–water partition coefficient (Wildman–Crippen LogP) is 0.795. The van der Waals surface area contributed by atoms with Crippen molar-refractivity contribution in [2.75, 3.05) is 26.2 Å². The molecule has 2 unspecified atom stereocenters. The van der Waals surface area contributed by atoms with Crippen LogP contribution in [-0.4, -0.2) is 60.3 Å². The van der Waals surface area contributed by atoms with Gasteiger partial charge in [0.15, 0.2) is 11.9 Å². The van der Waals surface area contributed by atoms with Crippen LogP contribution >= 0.6 is 0 Å². The lowest BCUT2D eigenvalue weighted by molar-refractivity contribution is -0.121. The molecule has 1 saturated heterocycles. The zero-order chi connectivity index (χ0) is 18.1. The summed E-state index contributed by atoms with van der Waals surface area (Å²) in [4.78, 5) is 25.5. The van der Waals surface area contributed by atoms with Gasteiger partial charge in [0.1, 0.15) is 0 Å². The number of nitrogens with two attached hydrogens (primary N) is 1. The number of hydrogen-bond donors (Lipinski definition) is 4. The van der Waals surface area contributed by atoms with Crippen LogP contribution in [-0.2, 0) is 11.2 Å². The van der Waals surface area contributed by atoms with Gasteiger partial charge in [-0.1, -0.05) is 30.3 Å². The van der Waals surface area contributed by atoms with E-state index in [-0.39, 0.29) is 6.04 Å². The van der Waals surface area contributed by atoms with Gasteiger partial charge in [0, 0.05) is 25.6 Å². The molecular formula is C18H28N4O3. The van der Waals surface area contributed by atoms with E-state index in [2.05, 4.69) is 10.6 Å². The van der Waals surface area contributed by atoms with Gasteiger partial charge in [-0.25, -0.2) is 4.79 Å². The molecule has 2 atom stereocenters. The van der Waals surface area contributed by atoms with Gasteiger partial charge >= 0.3 is 6.09 Å². The SMILES string of the molecule is NCCCNCC1CCCN1C(C=O)(Cc1ccccc1)NC(=O)O. The number of nitrogens with one attached hydrogen (secondary N) is 2. The second kappa shape index (κ2) is 9.50. The first-order valence-corrected chi connectivity index (χ1v) is 8.80. The largest absolute Gasteiger partial charge is 0.465 e. The van der Waals surface area contributed by atoms with Crippen molar-refractivity contribution >= 4 is 12.4 Å². The van der Waals surface area contributed by atoms with E-state index in [1.165, 1.54) is 0 Å². The summed E-state index contributed by atoms with van der Waals surface area (Å²) in [5.41, 5.74) is 5.18. The Bertz CT molecular complexity index is 555. The average Bonchev–Trinajstić information content (AvgIpc) is 3.08. The Labute approximate surface area is 148 Å². The van der Waals surface area contributed by atoms with Crippen LogP contribution in [0.1, 0.15) is 24.8 Å². The first-order valence-electron chi connectivity index (χ1n) is 8.80. The molecule has 138 valence electrons. The normalized spacial score (nSPS) is 20.1. The van der Waals surface area contributed by atoms with Gasteiger partial charge in [0.05, 0.1) is 0 Å². The molecule has 2 rings (SSSR count). The van der Waals surface area contributed by atoms with E-state index in [1.54, 1.807) is 0 Å². The molecule has 0 spiro atoms. The zero-order valence-electron chi connectivity index (χ0n) is 14.5. The van der Waals surface area contributed by atoms with E-state index in [0.717, 1.165) is 37.7 Å². The molecule has 1 amide bonds. The van der Waals surface area contributed by atoms with Crippen molar-refractivity contribution in [1.29, 1.82) is 0 Å². The van der Waals surface area contributed by atoms with Gasteiger partial charge in [-0.3, -0.25) is 15.0 Å². The maximum Gasteiger partial charge on any atom is 0.406 e. The monoisotopic (exact) mass is 348 g/mol. The summed E-state index contributed by atoms with van der Waals surface area (Å²) in [5, 5.41) is 15.2. The van der Waals surface area contributed by atoms with Gasteiger partial charge in [-0.05, 0) is 37.9 Å². The molecule has 0 aliphatic carbocycles. The Morgan fingerprint density at radius 2 is 2.16 bits per heavy atom. The van der Waals surface area contributed by atoms with Crippen molar-refractivity contribution < 1.29 is 14.7 Å². The van der Waals surface area contributed by atoms with E-state index in [4.69, 9.17) is 5.73 Å². The summed E-state index contributed by atoms with van der Waals surface area (Å²) < 4.78 is 0. The van der Waals surface area contributed by atoms with Gasteiger partial charge in [-0.15, -0.1) is 0 Å². The average molecular weight is 348 g/mol. The van der Waals surface area contributed by atoms with Gasteiger partial charge in [0.2, 0.25) is 0 Å². The van der Waals surface area contributed by atoms with Crippen molar-refractivity contribution in [3.63, 3.8) is 0 Å². The fraction of sp³-hybridized carbons (Fsp3) is 0.556. The number of amides is 1. The third-order valence-electron chi connectivity index (χ3n) is 4.66. The van der Waals surface area contributed by atoms with E-state index in [9.17, 15) is 14.7 Å². The number of likely N-dealkylation sites (tertiary alicyclic amines) is 1. The molecule has 0 bridgehead atoms. The Hall–Kier alpha value is -1.96. The number of aldehydes is 1. The van der Waals surface area contributed by atoms with Crippen LogP contribution in [0.4, 0.5) is 4.79 Å². The molecule has 7 heteroatoms. The molecular weight excluding hydrogens is 320 g/mol. The molecule has 1 aromatic rings. The molecule has 25 heavy (non-hydrogen) atoms. The van der Waals surface area contributed by atoms with Crippen LogP contribution in [0.3, 0.4) is 0 Å². The first-order chi connectivity index (χ1) is 12.1. The van der Waals surface area contributed by atoms with E-state index >= 15 is 0 Å². The summed E-state index contributed by atoms with van der Waals surface area (Å²) >= 11 is 0. The topological polar surface area (TPSA) is 108 Å². The molecule has 1 fully saturated rings. The maximum atomic E-state index is 12.1. The number of hydrogen-bond acceptors (Lipinski definition) is 5. The lowest BCUT2D eigenvalue weighted by atomic mass is 9.97. The number of carboxylic acid groups (broad SMARTS) is 1. The molecule has 0 radical (unpaired) electrons. The summed E-state index contributed by atoms with van der Waals surface area (Å²) in [5.74, 6) is 0. The number of benzene rings is 1. The van der Waals surface area contributed by atoms with E-state index < -0.39 is 11.8 Å². The van der Waals surface area contributed by atoms with Crippen LogP contribution < -0.4 is 16.4 Å². The molecule has 0 saturated carbocycles. The van der Waals surface area contributed by atoms with Crippen molar-refractivity contribution in [1.82, 2.24) is 15.5 Å². The summed E-state index contributed by atoms with van der Waals surface area (Å²) in [6, 6.07) is 9.61. The number of carbonyl (C=O) groups is 2. The van der Waals surface area contributed by atoms with E-state index in [1.807, 2.05) is 35.2 Å². The number of carbonyl (C=O) groups excluding carboxylic acids is 1. The quantitative estimate of drug-likeness (QED) is 0.368. The van der Waals surface area contributed by atoms with E-state index in [0.29, 0.717) is 26.1 Å². The minimum atomic E-state index is -1.25. The highest BCUT2D eigenvalue weighted by molar-refractivity contribution is 5.75. The van der Waals surface area contributed by atoms with Gasteiger partial charge < -0.3 is 16.2 Å². The Kier molecular flexibility index (Phi) is 7.36. The number of rotatable bonds is 10. The highest BCUT2D eigenvalue weighted by Gasteiger charge is 2.44. The van der Waals surface area contributed by atoms with Crippen LogP contribution in [0, 0.1) is 0 Å². The number of nitrogens with zero attached hydrogens (tertiary/aromatic N) is 1. The molecule has 1 aliphatic rings. The molecule has 0 aromatic heterocycles. The fourth-order valence-electron chi connectivity index (χ4n) is 3.52. The molecule has 7 nitrogen and oxygen atoms in total. The minimum absolute atomic E-state index is 0.110. The lowest BCUT2D eigenvalue weighted by Gasteiger charge is -2.41. The molecule has 5 N–H and O–H groups in total.